The molecule has 100 valence electrons. The molecule has 20 heavy (non-hydrogen) atoms. The number of para-hydroxylation sites is 1. The summed E-state index contributed by atoms with van der Waals surface area (Å²) in [6.45, 7) is 0. The van der Waals surface area contributed by atoms with Crippen molar-refractivity contribution in [1.29, 1.82) is 0 Å². The second kappa shape index (κ2) is 5.39. The number of aromatic nitrogens is 1. The van der Waals surface area contributed by atoms with Crippen molar-refractivity contribution >= 4 is 10.9 Å². The molecule has 0 saturated carbocycles. The third kappa shape index (κ3) is 2.68. The molecule has 0 aliphatic heterocycles. The summed E-state index contributed by atoms with van der Waals surface area (Å²) in [5.41, 5.74) is 2.38. The van der Waals surface area contributed by atoms with E-state index in [2.05, 4.69) is 4.98 Å². The van der Waals surface area contributed by atoms with Crippen molar-refractivity contribution in [3.8, 4) is 0 Å². The van der Waals surface area contributed by atoms with E-state index in [4.69, 9.17) is 0 Å². The van der Waals surface area contributed by atoms with E-state index in [0.29, 0.717) is 12.1 Å². The van der Waals surface area contributed by atoms with E-state index in [1.165, 1.54) is 12.1 Å². The Hall–Kier alpha value is -2.26. The predicted molar refractivity (Wildman–Crippen MR) is 76.8 cm³/mol. The van der Waals surface area contributed by atoms with Gasteiger partial charge in [0, 0.05) is 11.8 Å². The standard InChI is InChI=1S/C17H14FNO/c18-14-8-5-12(6-9-14)11-17(20)16-10-7-13-3-1-2-4-15(13)19-16/h1-10,17,20H,11H2. The average molecular weight is 267 g/mol. The summed E-state index contributed by atoms with van der Waals surface area (Å²) in [5.74, 6) is -0.271. The molecule has 1 atom stereocenters. The van der Waals surface area contributed by atoms with E-state index in [0.717, 1.165) is 16.5 Å². The molecule has 3 aromatic rings. The minimum Gasteiger partial charge on any atom is -0.386 e. The molecule has 2 aromatic carbocycles. The van der Waals surface area contributed by atoms with Crippen molar-refractivity contribution < 1.29 is 9.50 Å². The van der Waals surface area contributed by atoms with Crippen LogP contribution in [0.15, 0.2) is 60.7 Å². The number of halogens is 1. The number of aliphatic hydroxyl groups is 1. The van der Waals surface area contributed by atoms with Gasteiger partial charge >= 0.3 is 0 Å². The highest BCUT2D eigenvalue weighted by molar-refractivity contribution is 5.78. The Morgan fingerprint density at radius 3 is 2.50 bits per heavy atom. The first-order valence-corrected chi connectivity index (χ1v) is 6.50. The Bertz CT molecular complexity index is 724. The third-order valence-electron chi connectivity index (χ3n) is 3.30. The Kier molecular flexibility index (Phi) is 3.44. The van der Waals surface area contributed by atoms with Crippen molar-refractivity contribution in [2.45, 2.75) is 12.5 Å². The minimum absolute atomic E-state index is 0.271. The van der Waals surface area contributed by atoms with Gasteiger partial charge in [-0.2, -0.15) is 0 Å². The molecule has 0 aliphatic carbocycles. The van der Waals surface area contributed by atoms with Crippen LogP contribution in [0.3, 0.4) is 0 Å². The normalized spacial score (nSPS) is 12.5. The fraction of sp³-hybridized carbons (Fsp3) is 0.118. The highest BCUT2D eigenvalue weighted by atomic mass is 19.1. The fourth-order valence-corrected chi connectivity index (χ4v) is 2.22. The zero-order valence-corrected chi connectivity index (χ0v) is 10.8. The van der Waals surface area contributed by atoms with Gasteiger partial charge < -0.3 is 5.11 Å². The first-order chi connectivity index (χ1) is 9.72. The summed E-state index contributed by atoms with van der Waals surface area (Å²) in [4.78, 5) is 4.46. The van der Waals surface area contributed by atoms with Gasteiger partial charge in [-0.3, -0.25) is 4.98 Å². The number of hydrogen-bond donors (Lipinski definition) is 1. The second-order valence-corrected chi connectivity index (χ2v) is 4.78. The van der Waals surface area contributed by atoms with E-state index in [-0.39, 0.29) is 5.82 Å². The van der Waals surface area contributed by atoms with Crippen LogP contribution < -0.4 is 0 Å². The van der Waals surface area contributed by atoms with E-state index in [1.54, 1.807) is 12.1 Å². The molecule has 2 nitrogen and oxygen atoms in total. The van der Waals surface area contributed by atoms with Gasteiger partial charge in [0.25, 0.3) is 0 Å². The Morgan fingerprint density at radius 1 is 0.950 bits per heavy atom. The zero-order chi connectivity index (χ0) is 13.9. The summed E-state index contributed by atoms with van der Waals surface area (Å²) in [6.07, 6.45) is -0.268. The van der Waals surface area contributed by atoms with Crippen molar-refractivity contribution in [2.75, 3.05) is 0 Å². The van der Waals surface area contributed by atoms with E-state index >= 15 is 0 Å². The van der Waals surface area contributed by atoms with Crippen LogP contribution >= 0.6 is 0 Å². The molecule has 0 amide bonds. The van der Waals surface area contributed by atoms with Gasteiger partial charge in [-0.15, -0.1) is 0 Å². The van der Waals surface area contributed by atoms with Crippen molar-refractivity contribution in [2.24, 2.45) is 0 Å². The van der Waals surface area contributed by atoms with Gasteiger partial charge in [0.15, 0.2) is 0 Å². The lowest BCUT2D eigenvalue weighted by molar-refractivity contribution is 0.174. The Balaban J connectivity index is 1.84. The lowest BCUT2D eigenvalue weighted by Crippen LogP contribution is -2.04. The van der Waals surface area contributed by atoms with Gasteiger partial charge in [-0.25, -0.2) is 4.39 Å². The van der Waals surface area contributed by atoms with Gasteiger partial charge in [-0.05, 0) is 29.8 Å². The van der Waals surface area contributed by atoms with Gasteiger partial charge in [0.1, 0.15) is 5.82 Å². The summed E-state index contributed by atoms with van der Waals surface area (Å²) in [7, 11) is 0. The minimum atomic E-state index is -0.690. The SMILES string of the molecule is OC(Cc1ccc(F)cc1)c1ccc2ccccc2n1. The average Bonchev–Trinajstić information content (AvgIpc) is 2.49. The number of pyridine rings is 1. The number of fused-ring (bicyclic) bond motifs is 1. The zero-order valence-electron chi connectivity index (χ0n) is 10.8. The molecule has 3 rings (SSSR count). The second-order valence-electron chi connectivity index (χ2n) is 4.78. The Morgan fingerprint density at radius 2 is 1.70 bits per heavy atom. The smallest absolute Gasteiger partial charge is 0.123 e. The quantitative estimate of drug-likeness (QED) is 0.785. The van der Waals surface area contributed by atoms with Crippen molar-refractivity contribution in [1.82, 2.24) is 4.98 Å². The predicted octanol–water partition coefficient (Wildman–Crippen LogP) is 3.65. The van der Waals surface area contributed by atoms with Crippen LogP contribution in [0.4, 0.5) is 4.39 Å². The Labute approximate surface area is 116 Å². The first kappa shape index (κ1) is 12.8. The van der Waals surface area contributed by atoms with E-state index in [9.17, 15) is 9.50 Å². The van der Waals surface area contributed by atoms with Crippen molar-refractivity contribution in [3.63, 3.8) is 0 Å². The largest absolute Gasteiger partial charge is 0.386 e. The molecule has 3 heteroatoms. The first-order valence-electron chi connectivity index (χ1n) is 6.50. The van der Waals surface area contributed by atoms with Crippen LogP contribution in [0, 0.1) is 5.82 Å². The molecule has 0 saturated heterocycles. The third-order valence-corrected chi connectivity index (χ3v) is 3.30. The molecule has 1 heterocycles. The van der Waals surface area contributed by atoms with Crippen LogP contribution in [0.25, 0.3) is 10.9 Å². The molecular weight excluding hydrogens is 253 g/mol. The van der Waals surface area contributed by atoms with Crippen LogP contribution in [-0.4, -0.2) is 10.1 Å². The van der Waals surface area contributed by atoms with Crippen LogP contribution in [-0.2, 0) is 6.42 Å². The van der Waals surface area contributed by atoms with Crippen LogP contribution in [0.1, 0.15) is 17.4 Å². The van der Waals surface area contributed by atoms with Crippen LogP contribution in [0.2, 0.25) is 0 Å². The van der Waals surface area contributed by atoms with E-state index < -0.39 is 6.10 Å². The molecule has 1 aromatic heterocycles. The number of hydrogen-bond acceptors (Lipinski definition) is 2. The highest BCUT2D eigenvalue weighted by Crippen LogP contribution is 2.20. The fourth-order valence-electron chi connectivity index (χ4n) is 2.22. The van der Waals surface area contributed by atoms with Gasteiger partial charge in [0.05, 0.1) is 17.3 Å². The van der Waals surface area contributed by atoms with Crippen LogP contribution in [0.5, 0.6) is 0 Å². The molecule has 1 N–H and O–H groups in total. The molecule has 0 spiro atoms. The highest BCUT2D eigenvalue weighted by Gasteiger charge is 2.10. The summed E-state index contributed by atoms with van der Waals surface area (Å²) in [5, 5.41) is 11.3. The molecule has 0 fully saturated rings. The van der Waals surface area contributed by atoms with Crippen molar-refractivity contribution in [3.05, 3.63) is 77.7 Å². The lowest BCUT2D eigenvalue weighted by Gasteiger charge is -2.11. The number of nitrogens with zero attached hydrogens (tertiary/aromatic N) is 1. The molecule has 0 radical (unpaired) electrons. The lowest BCUT2D eigenvalue weighted by atomic mass is 10.0. The molecule has 0 aliphatic rings. The topological polar surface area (TPSA) is 33.1 Å². The number of benzene rings is 2. The maximum Gasteiger partial charge on any atom is 0.123 e. The summed E-state index contributed by atoms with van der Waals surface area (Å²) >= 11 is 0. The van der Waals surface area contributed by atoms with Gasteiger partial charge in [-0.1, -0.05) is 36.4 Å². The molecule has 0 bridgehead atoms. The summed E-state index contributed by atoms with van der Waals surface area (Å²) < 4.78 is 12.8. The maximum absolute atomic E-state index is 12.8. The monoisotopic (exact) mass is 267 g/mol. The molecular formula is C17H14FNO. The number of aliphatic hydroxyl groups excluding tert-OH is 1. The number of rotatable bonds is 3. The summed E-state index contributed by atoms with van der Waals surface area (Å²) in [6, 6.07) is 17.7. The van der Waals surface area contributed by atoms with Gasteiger partial charge in [0.2, 0.25) is 0 Å². The molecule has 1 unspecified atom stereocenters. The van der Waals surface area contributed by atoms with E-state index in [1.807, 2.05) is 36.4 Å². The maximum atomic E-state index is 12.8.